The number of aromatic nitrogens is 3. The third kappa shape index (κ3) is 3.49. The van der Waals surface area contributed by atoms with Crippen LogP contribution >= 0.6 is 23.2 Å². The quantitative estimate of drug-likeness (QED) is 0.149. The number of H-pyrrole nitrogens is 1. The van der Waals surface area contributed by atoms with Gasteiger partial charge in [0.2, 0.25) is 11.8 Å². The maximum atomic E-state index is 13.5. The van der Waals surface area contributed by atoms with Crippen molar-refractivity contribution in [3.8, 4) is 39.8 Å². The Bertz CT molecular complexity index is 2380. The lowest BCUT2D eigenvalue weighted by Crippen LogP contribution is -2.45. The van der Waals surface area contributed by atoms with E-state index in [1.165, 1.54) is 0 Å². The molecule has 0 radical (unpaired) electrons. The molecule has 0 fully saturated rings. The van der Waals surface area contributed by atoms with Crippen molar-refractivity contribution in [2.24, 2.45) is 11.7 Å². The van der Waals surface area contributed by atoms with Gasteiger partial charge in [-0.1, -0.05) is 85.9 Å². The van der Waals surface area contributed by atoms with Gasteiger partial charge in [0.1, 0.15) is 22.4 Å². The molecule has 7 heterocycles. The number of halogens is 2. The minimum atomic E-state index is -1.03. The first-order valence-corrected chi connectivity index (χ1v) is 16.8. The lowest BCUT2D eigenvalue weighted by atomic mass is 9.72. The number of carbonyl (C=O) groups is 1. The zero-order chi connectivity index (χ0) is 32.6. The number of nitrogens with one attached hydrogen (secondary N) is 3. The molecule has 6 aromatic rings. The Morgan fingerprint density at radius 1 is 1.04 bits per heavy atom. The molecule has 0 saturated heterocycles. The van der Waals surface area contributed by atoms with Gasteiger partial charge >= 0.3 is 0 Å². The molecule has 240 valence electrons. The Hall–Kier alpha value is -4.77. The van der Waals surface area contributed by atoms with Gasteiger partial charge in [0.25, 0.3) is 5.89 Å². The molecule has 1 amide bonds. The van der Waals surface area contributed by atoms with E-state index in [2.05, 4.69) is 46.8 Å². The van der Waals surface area contributed by atoms with E-state index in [9.17, 15) is 4.79 Å². The fourth-order valence-electron chi connectivity index (χ4n) is 8.03. The summed E-state index contributed by atoms with van der Waals surface area (Å²) in [5.74, 6) is 1.60. The second-order valence-corrected chi connectivity index (χ2v) is 13.8. The Morgan fingerprint density at radius 3 is 2.73 bits per heavy atom. The van der Waals surface area contributed by atoms with Gasteiger partial charge in [-0.2, -0.15) is 4.98 Å². The van der Waals surface area contributed by atoms with Crippen molar-refractivity contribution < 1.29 is 18.4 Å². The number of carbonyl (C=O) groups excluding carboxylic acids is 1. The van der Waals surface area contributed by atoms with Gasteiger partial charge in [0.15, 0.2) is 28.6 Å². The van der Waals surface area contributed by atoms with Crippen LogP contribution in [0.5, 0.6) is 5.75 Å². The first-order valence-electron chi connectivity index (χ1n) is 16.0. The molecule has 48 heavy (non-hydrogen) atoms. The molecule has 0 saturated carbocycles. The SMILES string of the molecule is CCC(C)[C@@H]1NC(=O)[C@@H](N)Cc2ccc3c(c2)[C@@]24c5cccc(c5NC2O3)-c2cccc3[nH]c(Cl)c(c23)-c2oc(nc2Cl)-c2nc1oc24. The molecule has 2 unspecified atom stereocenters. The second-order valence-electron chi connectivity index (χ2n) is 13.1. The lowest BCUT2D eigenvalue weighted by molar-refractivity contribution is -0.123. The molecule has 5 N–H and O–H groups in total. The molecular weight excluding hydrogens is 651 g/mol. The topological polar surface area (TPSA) is 144 Å². The van der Waals surface area contributed by atoms with Gasteiger partial charge in [-0.15, -0.1) is 0 Å². The number of hydrogen-bond donors (Lipinski definition) is 4. The monoisotopic (exact) mass is 678 g/mol. The second kappa shape index (κ2) is 9.65. The van der Waals surface area contributed by atoms with Crippen LogP contribution in [0.1, 0.15) is 54.7 Å². The molecule has 4 aliphatic heterocycles. The highest BCUT2D eigenvalue weighted by molar-refractivity contribution is 6.37. The number of hydrogen-bond acceptors (Lipinski definition) is 8. The maximum Gasteiger partial charge on any atom is 0.250 e. The first kappa shape index (κ1) is 28.3. The maximum absolute atomic E-state index is 13.5. The summed E-state index contributed by atoms with van der Waals surface area (Å²) in [7, 11) is 0. The number of nitrogens with two attached hydrogens (primary N) is 1. The number of amides is 1. The summed E-state index contributed by atoms with van der Waals surface area (Å²) in [5, 5.41) is 8.25. The van der Waals surface area contributed by atoms with Crippen molar-refractivity contribution in [2.45, 2.75) is 50.4 Å². The molecule has 5 atom stereocenters. The summed E-state index contributed by atoms with van der Waals surface area (Å²) < 4.78 is 20.3. The van der Waals surface area contributed by atoms with Crippen molar-refractivity contribution in [3.05, 3.63) is 93.2 Å². The van der Waals surface area contributed by atoms with E-state index in [1.54, 1.807) is 0 Å². The van der Waals surface area contributed by atoms with E-state index in [0.717, 1.165) is 50.8 Å². The van der Waals surface area contributed by atoms with Crippen LogP contribution in [-0.2, 0) is 16.6 Å². The number of aromatic amines is 1. The Labute approximate surface area is 284 Å². The van der Waals surface area contributed by atoms with E-state index in [4.69, 9.17) is 52.5 Å². The average Bonchev–Trinajstić information content (AvgIpc) is 3.88. The van der Waals surface area contributed by atoms with Crippen LogP contribution in [-0.4, -0.2) is 33.1 Å². The number of ether oxygens (including phenoxy) is 1. The minimum absolute atomic E-state index is 0.0437. The smallest absolute Gasteiger partial charge is 0.250 e. The number of nitrogens with zero attached hydrogens (tertiary/aromatic N) is 2. The summed E-state index contributed by atoms with van der Waals surface area (Å²) in [6, 6.07) is 16.8. The standard InChI is InChI=1S/C36H28Cl2N6O4/c1-3-14(2)25-33-42-27-29(48-33)36-18-8-4-7-17(16-6-5-9-21-23(16)24(30(37)40-21)28-31(38)44-34(27)47-28)26(18)43-35(36)46-22-11-10-15(12-19(22)36)13-20(39)32(45)41-25/h4-12,14,20,25,35,40,43H,3,13,39H2,1-2H3,(H,41,45)/t14?,20-,25-,35?,36+/m0/s1. The minimum Gasteiger partial charge on any atom is -0.469 e. The predicted octanol–water partition coefficient (Wildman–Crippen LogP) is 7.33. The number of anilines is 1. The van der Waals surface area contributed by atoms with E-state index < -0.39 is 23.7 Å². The van der Waals surface area contributed by atoms with Gasteiger partial charge in [-0.25, -0.2) is 4.98 Å². The van der Waals surface area contributed by atoms with Gasteiger partial charge in [0, 0.05) is 33.3 Å². The highest BCUT2D eigenvalue weighted by Crippen LogP contribution is 2.62. The molecule has 0 aliphatic carbocycles. The molecule has 4 aliphatic rings. The molecule has 12 heteroatoms. The summed E-state index contributed by atoms with van der Waals surface area (Å²) in [6.45, 7) is 4.10. The summed E-state index contributed by atoms with van der Waals surface area (Å²) in [4.78, 5) is 26.7. The van der Waals surface area contributed by atoms with Crippen LogP contribution in [0.15, 0.2) is 63.4 Å². The molecule has 10 rings (SSSR count). The van der Waals surface area contributed by atoms with E-state index in [0.29, 0.717) is 46.0 Å². The lowest BCUT2D eigenvalue weighted by Gasteiger charge is -2.28. The van der Waals surface area contributed by atoms with Gasteiger partial charge < -0.3 is 34.9 Å². The zero-order valence-corrected chi connectivity index (χ0v) is 27.3. The van der Waals surface area contributed by atoms with Crippen molar-refractivity contribution in [1.82, 2.24) is 20.3 Å². The van der Waals surface area contributed by atoms with Crippen molar-refractivity contribution in [2.75, 3.05) is 5.32 Å². The van der Waals surface area contributed by atoms with Crippen LogP contribution in [0.25, 0.3) is 44.9 Å². The van der Waals surface area contributed by atoms with E-state index >= 15 is 0 Å². The van der Waals surface area contributed by atoms with Crippen LogP contribution in [0.2, 0.25) is 10.3 Å². The summed E-state index contributed by atoms with van der Waals surface area (Å²) >= 11 is 13.8. The number of rotatable bonds is 2. The van der Waals surface area contributed by atoms with Crippen molar-refractivity contribution in [3.63, 3.8) is 0 Å². The van der Waals surface area contributed by atoms with Gasteiger partial charge in [-0.05, 0) is 35.6 Å². The zero-order valence-electron chi connectivity index (χ0n) is 25.8. The Kier molecular flexibility index (Phi) is 5.68. The molecule has 3 aromatic carbocycles. The van der Waals surface area contributed by atoms with Crippen molar-refractivity contribution >= 4 is 45.7 Å². The van der Waals surface area contributed by atoms with Gasteiger partial charge in [0.05, 0.1) is 11.6 Å². The predicted molar refractivity (Wildman–Crippen MR) is 181 cm³/mol. The molecule has 1 spiro atoms. The number of fused-ring (bicyclic) bond motifs is 7. The third-order valence-electron chi connectivity index (χ3n) is 10.5. The average molecular weight is 680 g/mol. The van der Waals surface area contributed by atoms with Crippen LogP contribution in [0.4, 0.5) is 5.69 Å². The van der Waals surface area contributed by atoms with Crippen LogP contribution < -0.4 is 21.1 Å². The summed E-state index contributed by atoms with van der Waals surface area (Å²) in [6.07, 6.45) is 0.464. The first-order chi connectivity index (χ1) is 23.3. The Morgan fingerprint density at radius 2 is 1.88 bits per heavy atom. The highest BCUT2D eigenvalue weighted by atomic mass is 35.5. The molecular formula is C36H28Cl2N6O4. The largest absolute Gasteiger partial charge is 0.469 e. The fourth-order valence-corrected chi connectivity index (χ4v) is 8.53. The number of oxazole rings is 2. The highest BCUT2D eigenvalue weighted by Gasteiger charge is 2.61. The molecule has 10 bridgehead atoms. The fraction of sp³-hybridized carbons (Fsp3) is 0.250. The van der Waals surface area contributed by atoms with E-state index in [1.807, 2.05) is 37.3 Å². The van der Waals surface area contributed by atoms with Gasteiger partial charge in [-0.3, -0.25) is 4.79 Å². The number of para-hydroxylation sites is 1. The number of benzene rings is 3. The normalized spacial score (nSPS) is 23.4. The van der Waals surface area contributed by atoms with Crippen LogP contribution in [0, 0.1) is 5.92 Å². The van der Waals surface area contributed by atoms with E-state index in [-0.39, 0.29) is 22.9 Å². The van der Waals surface area contributed by atoms with Crippen LogP contribution in [0.3, 0.4) is 0 Å². The summed E-state index contributed by atoms with van der Waals surface area (Å²) in [5.41, 5.74) is 12.7. The molecule has 10 nitrogen and oxygen atoms in total. The molecule has 3 aromatic heterocycles. The van der Waals surface area contributed by atoms with Crippen molar-refractivity contribution in [1.29, 1.82) is 0 Å². The Balaban J connectivity index is 1.40. The third-order valence-corrected chi connectivity index (χ3v) is 11.1.